The number of nitrogens with one attached hydrogen (secondary N) is 1. The molecule has 0 saturated carbocycles. The third kappa shape index (κ3) is 4.76. The number of nitro benzene ring substituents is 1. The second kappa shape index (κ2) is 8.54. The zero-order chi connectivity index (χ0) is 20.1. The van der Waals surface area contributed by atoms with Gasteiger partial charge in [-0.15, -0.1) is 0 Å². The van der Waals surface area contributed by atoms with Crippen molar-refractivity contribution in [3.63, 3.8) is 0 Å². The molecule has 2 aromatic rings. The molecule has 1 N–H and O–H groups in total. The Morgan fingerprint density at radius 2 is 2.00 bits per heavy atom. The third-order valence-corrected chi connectivity index (χ3v) is 4.30. The van der Waals surface area contributed by atoms with E-state index in [9.17, 15) is 20.2 Å². The van der Waals surface area contributed by atoms with E-state index in [4.69, 9.17) is 27.9 Å². The standard InChI is InChI=1S/C18H13Cl2N3O4/c1-10-5-15(17(27-2)8-14(10)20)22-18(24)12(9-21)6-11-3-4-13(19)16(7-11)23(25)26/h3-8H,1-2H3,(H,22,24)/b12-6+. The van der Waals surface area contributed by atoms with Gasteiger partial charge in [-0.1, -0.05) is 29.3 Å². The van der Waals surface area contributed by atoms with E-state index >= 15 is 0 Å². The van der Waals surface area contributed by atoms with Crippen LogP contribution in [0, 0.1) is 28.4 Å². The van der Waals surface area contributed by atoms with E-state index in [1.807, 2.05) is 0 Å². The maximum absolute atomic E-state index is 12.4. The number of hydrogen-bond donors (Lipinski definition) is 1. The molecule has 9 heteroatoms. The number of anilines is 1. The van der Waals surface area contributed by atoms with Gasteiger partial charge < -0.3 is 10.1 Å². The second-order valence-corrected chi connectivity index (χ2v) is 6.21. The van der Waals surface area contributed by atoms with Crippen LogP contribution in [0.1, 0.15) is 11.1 Å². The predicted molar refractivity (Wildman–Crippen MR) is 103 cm³/mol. The summed E-state index contributed by atoms with van der Waals surface area (Å²) in [6, 6.07) is 8.90. The van der Waals surface area contributed by atoms with Gasteiger partial charge in [0.1, 0.15) is 22.4 Å². The highest BCUT2D eigenvalue weighted by atomic mass is 35.5. The second-order valence-electron chi connectivity index (χ2n) is 5.39. The summed E-state index contributed by atoms with van der Waals surface area (Å²) in [5.41, 5.74) is 0.771. The molecule has 2 aromatic carbocycles. The lowest BCUT2D eigenvalue weighted by Crippen LogP contribution is -2.14. The number of hydrogen-bond acceptors (Lipinski definition) is 5. The number of nitrogens with zero attached hydrogens (tertiary/aromatic N) is 2. The number of halogens is 2. The molecule has 0 heterocycles. The zero-order valence-corrected chi connectivity index (χ0v) is 15.8. The van der Waals surface area contributed by atoms with Crippen LogP contribution in [0.15, 0.2) is 35.9 Å². The molecule has 0 radical (unpaired) electrons. The molecule has 0 spiro atoms. The number of amides is 1. The molecule has 0 fully saturated rings. The molecular weight excluding hydrogens is 393 g/mol. The van der Waals surface area contributed by atoms with Gasteiger partial charge in [-0.3, -0.25) is 14.9 Å². The van der Waals surface area contributed by atoms with Crippen molar-refractivity contribution in [1.82, 2.24) is 0 Å². The van der Waals surface area contributed by atoms with Crippen molar-refractivity contribution in [3.8, 4) is 11.8 Å². The summed E-state index contributed by atoms with van der Waals surface area (Å²) in [6.45, 7) is 1.76. The summed E-state index contributed by atoms with van der Waals surface area (Å²) >= 11 is 11.8. The van der Waals surface area contributed by atoms with Crippen LogP contribution in [-0.2, 0) is 4.79 Å². The van der Waals surface area contributed by atoms with Gasteiger partial charge in [-0.2, -0.15) is 5.26 Å². The van der Waals surface area contributed by atoms with Crippen LogP contribution >= 0.6 is 23.2 Å². The van der Waals surface area contributed by atoms with Gasteiger partial charge in [0.2, 0.25) is 0 Å². The van der Waals surface area contributed by atoms with Crippen LogP contribution in [0.2, 0.25) is 10.0 Å². The molecule has 0 aliphatic rings. The van der Waals surface area contributed by atoms with E-state index in [0.29, 0.717) is 22.0 Å². The Morgan fingerprint density at radius 3 is 2.59 bits per heavy atom. The number of aryl methyl sites for hydroxylation is 1. The maximum Gasteiger partial charge on any atom is 0.288 e. The Hall–Kier alpha value is -3.08. The monoisotopic (exact) mass is 405 g/mol. The van der Waals surface area contributed by atoms with Gasteiger partial charge in [0.25, 0.3) is 11.6 Å². The topological polar surface area (TPSA) is 105 Å². The molecule has 0 aromatic heterocycles. The van der Waals surface area contributed by atoms with Gasteiger partial charge in [0, 0.05) is 17.2 Å². The lowest BCUT2D eigenvalue weighted by atomic mass is 10.1. The van der Waals surface area contributed by atoms with E-state index < -0.39 is 10.8 Å². The molecule has 0 aliphatic carbocycles. The number of carbonyl (C=O) groups is 1. The van der Waals surface area contributed by atoms with Crippen LogP contribution in [-0.4, -0.2) is 17.9 Å². The van der Waals surface area contributed by atoms with Gasteiger partial charge in [0.05, 0.1) is 17.7 Å². The summed E-state index contributed by atoms with van der Waals surface area (Å²) in [4.78, 5) is 22.8. The number of rotatable bonds is 5. The minimum absolute atomic E-state index is 0.0403. The summed E-state index contributed by atoms with van der Waals surface area (Å²) in [6.07, 6.45) is 1.23. The fourth-order valence-corrected chi connectivity index (χ4v) is 2.53. The molecule has 0 atom stereocenters. The lowest BCUT2D eigenvalue weighted by Gasteiger charge is -2.12. The van der Waals surface area contributed by atoms with Gasteiger partial charge in [-0.25, -0.2) is 0 Å². The number of methoxy groups -OCH3 is 1. The molecule has 0 aliphatic heterocycles. The van der Waals surface area contributed by atoms with Crippen molar-refractivity contribution in [2.75, 3.05) is 12.4 Å². The zero-order valence-electron chi connectivity index (χ0n) is 14.2. The Labute approximate surface area is 164 Å². The number of ether oxygens (including phenoxy) is 1. The van der Waals surface area contributed by atoms with Crippen molar-refractivity contribution in [3.05, 3.63) is 67.2 Å². The Balaban J connectivity index is 2.36. The number of benzene rings is 2. The molecule has 0 bridgehead atoms. The van der Waals surface area contributed by atoms with Gasteiger partial charge >= 0.3 is 0 Å². The number of carbonyl (C=O) groups excluding carboxylic acids is 1. The molecule has 7 nitrogen and oxygen atoms in total. The van der Waals surface area contributed by atoms with Crippen LogP contribution in [0.3, 0.4) is 0 Å². The molecule has 0 saturated heterocycles. The molecular formula is C18H13Cl2N3O4. The van der Waals surface area contributed by atoms with Gasteiger partial charge in [-0.05, 0) is 36.3 Å². The summed E-state index contributed by atoms with van der Waals surface area (Å²) in [5, 5.41) is 23.3. The van der Waals surface area contributed by atoms with E-state index in [2.05, 4.69) is 5.32 Å². The molecule has 0 unspecified atom stereocenters. The highest BCUT2D eigenvalue weighted by Gasteiger charge is 2.16. The third-order valence-electron chi connectivity index (χ3n) is 3.57. The van der Waals surface area contributed by atoms with Gasteiger partial charge in [0.15, 0.2) is 0 Å². The average molecular weight is 406 g/mol. The highest BCUT2D eigenvalue weighted by Crippen LogP contribution is 2.31. The minimum atomic E-state index is -0.699. The smallest absolute Gasteiger partial charge is 0.288 e. The molecule has 1 amide bonds. The van der Waals surface area contributed by atoms with Crippen LogP contribution < -0.4 is 10.1 Å². The first-order valence-electron chi connectivity index (χ1n) is 7.48. The fourth-order valence-electron chi connectivity index (χ4n) is 2.19. The summed E-state index contributed by atoms with van der Waals surface area (Å²) in [5.74, 6) is -0.367. The van der Waals surface area contributed by atoms with E-state index in [1.165, 1.54) is 31.4 Å². The largest absolute Gasteiger partial charge is 0.495 e. The lowest BCUT2D eigenvalue weighted by molar-refractivity contribution is -0.384. The number of nitro groups is 1. The summed E-state index contributed by atoms with van der Waals surface area (Å²) in [7, 11) is 1.42. The number of nitriles is 1. The fraction of sp³-hybridized carbons (Fsp3) is 0.111. The van der Waals surface area contributed by atoms with Crippen molar-refractivity contribution < 1.29 is 14.5 Å². The van der Waals surface area contributed by atoms with Crippen molar-refractivity contribution in [1.29, 1.82) is 5.26 Å². The first-order valence-corrected chi connectivity index (χ1v) is 8.23. The van der Waals surface area contributed by atoms with E-state index in [-0.39, 0.29) is 21.8 Å². The first kappa shape index (κ1) is 20.2. The average Bonchev–Trinajstić information content (AvgIpc) is 2.63. The van der Waals surface area contributed by atoms with E-state index in [0.717, 1.165) is 0 Å². The Kier molecular flexibility index (Phi) is 6.40. The molecule has 27 heavy (non-hydrogen) atoms. The molecule has 2 rings (SSSR count). The SMILES string of the molecule is COc1cc(Cl)c(C)cc1NC(=O)/C(C#N)=C/c1ccc(Cl)c([N+](=O)[O-])c1. The Morgan fingerprint density at radius 1 is 1.30 bits per heavy atom. The van der Waals surface area contributed by atoms with Crippen molar-refractivity contribution in [2.45, 2.75) is 6.92 Å². The van der Waals surface area contributed by atoms with E-state index in [1.54, 1.807) is 25.1 Å². The maximum atomic E-state index is 12.4. The van der Waals surface area contributed by atoms with Crippen molar-refractivity contribution >= 4 is 46.6 Å². The minimum Gasteiger partial charge on any atom is -0.495 e. The normalized spacial score (nSPS) is 10.9. The Bertz CT molecular complexity index is 997. The van der Waals surface area contributed by atoms with Crippen LogP contribution in [0.25, 0.3) is 6.08 Å². The predicted octanol–water partition coefficient (Wildman–Crippen LogP) is 4.76. The highest BCUT2D eigenvalue weighted by molar-refractivity contribution is 6.32. The quantitative estimate of drug-likeness (QED) is 0.333. The summed E-state index contributed by atoms with van der Waals surface area (Å²) < 4.78 is 5.18. The van der Waals surface area contributed by atoms with Crippen LogP contribution in [0.4, 0.5) is 11.4 Å². The van der Waals surface area contributed by atoms with Crippen molar-refractivity contribution in [2.24, 2.45) is 0 Å². The van der Waals surface area contributed by atoms with Crippen LogP contribution in [0.5, 0.6) is 5.75 Å². The first-order chi connectivity index (χ1) is 12.8. The molecule has 138 valence electrons.